The van der Waals surface area contributed by atoms with Crippen LogP contribution in [-0.4, -0.2) is 17.8 Å². The number of rotatable bonds is 2. The zero-order valence-corrected chi connectivity index (χ0v) is 26.7. The highest BCUT2D eigenvalue weighted by molar-refractivity contribution is 9.11. The molecular formula is C26H12BBr3N2S4. The Labute approximate surface area is 249 Å². The highest BCUT2D eigenvalue weighted by Crippen LogP contribution is 2.53. The van der Waals surface area contributed by atoms with Gasteiger partial charge in [-0.15, -0.1) is 45.3 Å². The molecule has 0 saturated heterocycles. The largest absolute Gasteiger partial charge is 0.261 e. The maximum absolute atomic E-state index is 6.36. The lowest BCUT2D eigenvalue weighted by molar-refractivity contribution is 1.20. The zero-order valence-electron chi connectivity index (χ0n) is 18.7. The number of halogens is 3. The summed E-state index contributed by atoms with van der Waals surface area (Å²) in [4.78, 5) is 11.4. The van der Waals surface area contributed by atoms with Crippen molar-refractivity contribution in [2.45, 2.75) is 13.8 Å². The van der Waals surface area contributed by atoms with Gasteiger partial charge in [0.2, 0.25) is 0 Å². The third kappa shape index (κ3) is 3.56. The summed E-state index contributed by atoms with van der Waals surface area (Å²) in [7, 11) is 6.36. The minimum absolute atomic E-state index is 0.762. The fourth-order valence-electron chi connectivity index (χ4n) is 4.44. The van der Waals surface area contributed by atoms with Gasteiger partial charge in [0.1, 0.15) is 7.85 Å². The molecule has 6 heterocycles. The molecule has 0 amide bonds. The van der Waals surface area contributed by atoms with E-state index in [2.05, 4.69) is 76.0 Å². The number of hydrogen-bond acceptors (Lipinski definition) is 6. The van der Waals surface area contributed by atoms with Crippen LogP contribution >= 0.6 is 93.1 Å². The van der Waals surface area contributed by atoms with Gasteiger partial charge in [-0.25, -0.2) is 0 Å². The summed E-state index contributed by atoms with van der Waals surface area (Å²) >= 11 is 18.8. The summed E-state index contributed by atoms with van der Waals surface area (Å²) in [5.74, 6) is 0. The number of thiophene rings is 4. The van der Waals surface area contributed by atoms with Crippen LogP contribution in [0.2, 0.25) is 0 Å². The lowest BCUT2D eigenvalue weighted by Crippen LogP contribution is -2.07. The Morgan fingerprint density at radius 1 is 0.639 bits per heavy atom. The van der Waals surface area contributed by atoms with E-state index in [4.69, 9.17) is 7.85 Å². The number of aromatic nitrogens is 2. The second-order valence-electron chi connectivity index (χ2n) is 8.57. The van der Waals surface area contributed by atoms with E-state index in [1.165, 1.54) is 43.8 Å². The Hall–Kier alpha value is -1.14. The van der Waals surface area contributed by atoms with Crippen molar-refractivity contribution < 1.29 is 0 Å². The minimum atomic E-state index is 0.762. The lowest BCUT2D eigenvalue weighted by Gasteiger charge is -2.05. The maximum Gasteiger partial charge on any atom is 0.114 e. The van der Waals surface area contributed by atoms with Gasteiger partial charge >= 0.3 is 0 Å². The van der Waals surface area contributed by atoms with Crippen LogP contribution in [0.4, 0.5) is 0 Å². The second-order valence-corrected chi connectivity index (χ2v) is 15.2. The molecule has 0 unspecified atom stereocenters. The number of benzene rings is 1. The number of fused-ring (bicyclic) bond motifs is 6. The quantitative estimate of drug-likeness (QED) is 0.166. The summed E-state index contributed by atoms with van der Waals surface area (Å²) in [5, 5.41) is 2.61. The van der Waals surface area contributed by atoms with Gasteiger partial charge in [0.15, 0.2) is 0 Å². The molecule has 2 nitrogen and oxygen atoms in total. The second kappa shape index (κ2) is 8.69. The number of pyridine rings is 2. The standard InChI is InChI=1S/C26H12BBr3N2S4/c1-9-3-15(27)13(7-31-9)21-19(29)25-23(35-21)11-5-18-12(6-17(11)33-25)24-26(34-18)20(30)22(36-24)14-8-32-10(2)4-16(14)28/h3-8H,1-2H3. The topological polar surface area (TPSA) is 25.8 Å². The molecule has 0 atom stereocenters. The summed E-state index contributed by atoms with van der Waals surface area (Å²) in [6.07, 6.45) is 3.84. The van der Waals surface area contributed by atoms with Crippen molar-refractivity contribution in [3.05, 3.63) is 61.5 Å². The normalized spacial score (nSPS) is 12.1. The monoisotopic (exact) mass is 728 g/mol. The van der Waals surface area contributed by atoms with Crippen LogP contribution in [0.5, 0.6) is 0 Å². The van der Waals surface area contributed by atoms with E-state index in [1.54, 1.807) is 11.3 Å². The first-order valence-corrected chi connectivity index (χ1v) is 16.5. The number of hydrogen-bond donors (Lipinski definition) is 0. The van der Waals surface area contributed by atoms with Crippen LogP contribution in [0.25, 0.3) is 59.9 Å². The van der Waals surface area contributed by atoms with Crippen molar-refractivity contribution in [1.29, 1.82) is 0 Å². The molecule has 7 rings (SSSR count). The molecule has 6 aromatic heterocycles. The van der Waals surface area contributed by atoms with Crippen molar-refractivity contribution in [2.24, 2.45) is 0 Å². The van der Waals surface area contributed by atoms with Crippen molar-refractivity contribution in [2.75, 3.05) is 0 Å². The van der Waals surface area contributed by atoms with Gasteiger partial charge < -0.3 is 0 Å². The Kier molecular flexibility index (Phi) is 5.78. The average Bonchev–Trinajstić information content (AvgIpc) is 3.54. The molecule has 0 spiro atoms. The summed E-state index contributed by atoms with van der Waals surface area (Å²) in [6.45, 7) is 3.97. The molecule has 36 heavy (non-hydrogen) atoms. The van der Waals surface area contributed by atoms with E-state index in [-0.39, 0.29) is 0 Å². The minimum Gasteiger partial charge on any atom is -0.261 e. The van der Waals surface area contributed by atoms with Crippen LogP contribution in [0.1, 0.15) is 11.4 Å². The molecule has 10 heteroatoms. The van der Waals surface area contributed by atoms with Gasteiger partial charge in [-0.05, 0) is 70.0 Å². The van der Waals surface area contributed by atoms with E-state index in [1.807, 2.05) is 66.3 Å². The maximum atomic E-state index is 6.36. The predicted molar refractivity (Wildman–Crippen MR) is 172 cm³/mol. The van der Waals surface area contributed by atoms with Gasteiger partial charge in [0, 0.05) is 59.6 Å². The molecular weight excluding hydrogens is 719 g/mol. The van der Waals surface area contributed by atoms with E-state index in [0.29, 0.717) is 0 Å². The Morgan fingerprint density at radius 2 is 1.14 bits per heavy atom. The third-order valence-corrected chi connectivity index (χ3v) is 14.6. The van der Waals surface area contributed by atoms with E-state index in [9.17, 15) is 0 Å². The Balaban J connectivity index is 1.43. The molecule has 7 aromatic rings. The molecule has 0 bridgehead atoms. The fourth-order valence-corrected chi connectivity index (χ4v) is 12.4. The van der Waals surface area contributed by atoms with E-state index >= 15 is 0 Å². The fraction of sp³-hybridized carbons (Fsp3) is 0.0769. The third-order valence-electron chi connectivity index (χ3n) is 6.17. The molecule has 0 fully saturated rings. The van der Waals surface area contributed by atoms with E-state index < -0.39 is 0 Å². The van der Waals surface area contributed by atoms with Crippen molar-refractivity contribution >= 4 is 145 Å². The van der Waals surface area contributed by atoms with Gasteiger partial charge in [-0.3, -0.25) is 9.97 Å². The average molecular weight is 731 g/mol. The molecule has 174 valence electrons. The molecule has 0 aliphatic heterocycles. The van der Waals surface area contributed by atoms with Gasteiger partial charge in [-0.1, -0.05) is 21.4 Å². The SMILES string of the molecule is [B]c1cc(C)ncc1-c1sc2c(sc3cc4c(cc32)sc2c(Br)c(-c3cnc(C)cc3Br)sc24)c1Br. The molecule has 0 N–H and O–H groups in total. The van der Waals surface area contributed by atoms with Gasteiger partial charge in [0.25, 0.3) is 0 Å². The van der Waals surface area contributed by atoms with Crippen LogP contribution < -0.4 is 5.46 Å². The van der Waals surface area contributed by atoms with Crippen LogP contribution in [0, 0.1) is 13.8 Å². The summed E-state index contributed by atoms with van der Waals surface area (Å²) in [5.41, 5.74) is 4.80. The Bertz CT molecular complexity index is 1890. The van der Waals surface area contributed by atoms with Crippen LogP contribution in [0.3, 0.4) is 0 Å². The summed E-state index contributed by atoms with van der Waals surface area (Å²) in [6, 6.07) is 8.73. The first-order chi connectivity index (χ1) is 17.3. The zero-order chi connectivity index (χ0) is 24.9. The highest BCUT2D eigenvalue weighted by atomic mass is 79.9. The lowest BCUT2D eigenvalue weighted by atomic mass is 9.91. The Morgan fingerprint density at radius 3 is 1.67 bits per heavy atom. The van der Waals surface area contributed by atoms with Crippen molar-refractivity contribution in [3.63, 3.8) is 0 Å². The van der Waals surface area contributed by atoms with Gasteiger partial charge in [-0.2, -0.15) is 0 Å². The molecule has 2 radical (unpaired) electrons. The molecule has 0 aliphatic rings. The number of nitrogens with zero attached hydrogens (tertiary/aromatic N) is 2. The van der Waals surface area contributed by atoms with Crippen molar-refractivity contribution in [3.8, 4) is 20.9 Å². The number of aryl methyl sites for hydroxylation is 2. The van der Waals surface area contributed by atoms with Gasteiger partial charge in [0.05, 0.1) is 37.5 Å². The predicted octanol–water partition coefficient (Wildman–Crippen LogP) is 10.4. The van der Waals surface area contributed by atoms with Crippen LogP contribution in [0.15, 0.2) is 50.1 Å². The smallest absolute Gasteiger partial charge is 0.114 e. The first kappa shape index (κ1) is 23.9. The highest BCUT2D eigenvalue weighted by Gasteiger charge is 2.22. The van der Waals surface area contributed by atoms with Crippen LogP contribution in [-0.2, 0) is 0 Å². The first-order valence-electron chi connectivity index (χ1n) is 10.8. The molecule has 1 aromatic carbocycles. The molecule has 0 aliphatic carbocycles. The van der Waals surface area contributed by atoms with E-state index in [0.717, 1.165) is 46.3 Å². The molecule has 0 saturated carbocycles. The van der Waals surface area contributed by atoms with Crippen molar-refractivity contribution in [1.82, 2.24) is 9.97 Å². The summed E-state index contributed by atoms with van der Waals surface area (Å²) < 4.78 is 11.1.